The summed E-state index contributed by atoms with van der Waals surface area (Å²) in [7, 11) is 6.55. The second-order valence-electron chi connectivity index (χ2n) is 12.7. The molecule has 6 heteroatoms. The molecule has 0 spiro atoms. The van der Waals surface area contributed by atoms with Gasteiger partial charge in [-0.1, -0.05) is 48.5 Å². The van der Waals surface area contributed by atoms with E-state index in [-0.39, 0.29) is 35.2 Å². The van der Waals surface area contributed by atoms with Crippen molar-refractivity contribution in [1.82, 2.24) is 0 Å². The third-order valence-corrected chi connectivity index (χ3v) is 11.4. The molecule has 7 aliphatic carbocycles. The Labute approximate surface area is 255 Å². The van der Waals surface area contributed by atoms with E-state index in [0.29, 0.717) is 23.0 Å². The van der Waals surface area contributed by atoms with E-state index >= 15 is 9.59 Å². The molecular formula is C38H32O6. The molecule has 6 unspecified atom stereocenters. The first-order valence-corrected chi connectivity index (χ1v) is 15.3. The van der Waals surface area contributed by atoms with E-state index in [0.717, 1.165) is 44.5 Å². The molecule has 8 atom stereocenters. The van der Waals surface area contributed by atoms with Crippen molar-refractivity contribution in [2.45, 2.75) is 23.7 Å². The first-order chi connectivity index (χ1) is 21.5. The molecule has 0 saturated heterocycles. The van der Waals surface area contributed by atoms with Crippen LogP contribution in [-0.4, -0.2) is 40.0 Å². The van der Waals surface area contributed by atoms with Crippen molar-refractivity contribution < 1.29 is 28.5 Å². The highest BCUT2D eigenvalue weighted by Gasteiger charge is 2.66. The zero-order chi connectivity index (χ0) is 30.0. The summed E-state index contributed by atoms with van der Waals surface area (Å²) in [6.45, 7) is 0. The number of hydrogen-bond acceptors (Lipinski definition) is 6. The van der Waals surface area contributed by atoms with Crippen LogP contribution >= 0.6 is 0 Å². The van der Waals surface area contributed by atoms with Crippen LogP contribution in [0.4, 0.5) is 0 Å². The van der Waals surface area contributed by atoms with E-state index in [1.165, 1.54) is 0 Å². The molecular weight excluding hydrogens is 552 g/mol. The molecule has 44 heavy (non-hydrogen) atoms. The molecule has 0 radical (unpaired) electrons. The smallest absolute Gasteiger partial charge is 0.161 e. The highest BCUT2D eigenvalue weighted by molar-refractivity contribution is 6.05. The lowest BCUT2D eigenvalue weighted by Gasteiger charge is -2.59. The van der Waals surface area contributed by atoms with Gasteiger partial charge in [-0.15, -0.1) is 0 Å². The van der Waals surface area contributed by atoms with Crippen LogP contribution in [0.5, 0.6) is 23.0 Å². The predicted octanol–water partition coefficient (Wildman–Crippen LogP) is 6.22. The summed E-state index contributed by atoms with van der Waals surface area (Å²) in [6.07, 6.45) is 0. The number of carbonyl (C=O) groups is 2. The Morgan fingerprint density at radius 3 is 0.818 bits per heavy atom. The molecule has 4 bridgehead atoms. The first-order valence-electron chi connectivity index (χ1n) is 15.3. The van der Waals surface area contributed by atoms with Crippen molar-refractivity contribution in [2.75, 3.05) is 28.4 Å². The van der Waals surface area contributed by atoms with E-state index in [4.69, 9.17) is 18.9 Å². The number of methoxy groups -OCH3 is 4. The molecule has 1 fully saturated rings. The minimum Gasteiger partial charge on any atom is -0.493 e. The standard InChI is InChI=1S/C38H32O6/c1-41-25-13-21-22(14-26(25)42-2)30-18-10-6-5-9-17(18)29(21)33-34(30)38(40)36-32-20-12-8-7-11-19(20)31(35(36)37(33)39)23-15-27(43-3)28(44-4)16-24(23)32/h5-16,29-36H,1-4H3/t29-,30?,31+,32?,33?,34?,35?,36?. The number of ether oxygens (including phenoxy) is 4. The zero-order valence-electron chi connectivity index (χ0n) is 25.0. The Hall–Kier alpha value is -4.58. The van der Waals surface area contributed by atoms with Crippen LogP contribution in [-0.2, 0) is 9.59 Å². The van der Waals surface area contributed by atoms with Gasteiger partial charge in [-0.05, 0) is 68.8 Å². The molecule has 1 saturated carbocycles. The van der Waals surface area contributed by atoms with Crippen LogP contribution in [0.2, 0.25) is 0 Å². The molecule has 11 rings (SSSR count). The molecule has 0 aromatic heterocycles. The van der Waals surface area contributed by atoms with Gasteiger partial charge in [0.05, 0.1) is 28.4 Å². The molecule has 220 valence electrons. The predicted molar refractivity (Wildman–Crippen MR) is 163 cm³/mol. The maximum absolute atomic E-state index is 15.2. The lowest BCUT2D eigenvalue weighted by molar-refractivity contribution is -0.152. The molecule has 6 nitrogen and oxygen atoms in total. The van der Waals surface area contributed by atoms with Gasteiger partial charge in [0.15, 0.2) is 23.0 Å². The Morgan fingerprint density at radius 2 is 0.614 bits per heavy atom. The maximum atomic E-state index is 15.2. The number of ketones is 2. The molecule has 4 aromatic rings. The van der Waals surface area contributed by atoms with Gasteiger partial charge in [0.25, 0.3) is 0 Å². The van der Waals surface area contributed by atoms with Crippen molar-refractivity contribution in [2.24, 2.45) is 23.7 Å². The normalized spacial score (nSPS) is 29.5. The first kappa shape index (κ1) is 25.9. The minimum atomic E-state index is -0.440. The van der Waals surface area contributed by atoms with Gasteiger partial charge in [-0.25, -0.2) is 0 Å². The second kappa shape index (κ2) is 8.98. The van der Waals surface area contributed by atoms with Gasteiger partial charge >= 0.3 is 0 Å². The summed E-state index contributed by atoms with van der Waals surface area (Å²) < 4.78 is 22.9. The van der Waals surface area contributed by atoms with Crippen molar-refractivity contribution >= 4 is 11.6 Å². The fraction of sp³-hybridized carbons (Fsp3) is 0.316. The fourth-order valence-corrected chi connectivity index (χ4v) is 9.91. The van der Waals surface area contributed by atoms with E-state index in [9.17, 15) is 0 Å². The van der Waals surface area contributed by atoms with E-state index in [1.54, 1.807) is 28.4 Å². The van der Waals surface area contributed by atoms with E-state index in [1.807, 2.05) is 48.5 Å². The second-order valence-corrected chi connectivity index (χ2v) is 12.7. The zero-order valence-corrected chi connectivity index (χ0v) is 25.0. The third-order valence-electron chi connectivity index (χ3n) is 11.4. The van der Waals surface area contributed by atoms with Crippen molar-refractivity contribution in [3.05, 3.63) is 117 Å². The van der Waals surface area contributed by atoms with Crippen molar-refractivity contribution in [1.29, 1.82) is 0 Å². The summed E-state index contributed by atoms with van der Waals surface area (Å²) >= 11 is 0. The minimum absolute atomic E-state index is 0.203. The Kier molecular flexibility index (Phi) is 5.28. The van der Waals surface area contributed by atoms with Gasteiger partial charge in [-0.2, -0.15) is 0 Å². The van der Waals surface area contributed by atoms with Crippen LogP contribution in [0.15, 0.2) is 72.8 Å². The average Bonchev–Trinajstić information content (AvgIpc) is 3.08. The van der Waals surface area contributed by atoms with Gasteiger partial charge in [-0.3, -0.25) is 9.59 Å². The lowest BCUT2D eigenvalue weighted by atomic mass is 9.42. The van der Waals surface area contributed by atoms with E-state index in [2.05, 4.69) is 24.3 Å². The summed E-state index contributed by atoms with van der Waals surface area (Å²) in [5.41, 5.74) is 8.86. The van der Waals surface area contributed by atoms with Crippen molar-refractivity contribution in [3.63, 3.8) is 0 Å². The molecule has 0 aliphatic heterocycles. The van der Waals surface area contributed by atoms with Crippen LogP contribution in [0.3, 0.4) is 0 Å². The van der Waals surface area contributed by atoms with E-state index < -0.39 is 23.7 Å². The quantitative estimate of drug-likeness (QED) is 0.284. The molecule has 7 aliphatic rings. The third kappa shape index (κ3) is 2.96. The van der Waals surface area contributed by atoms with Crippen LogP contribution in [0, 0.1) is 23.7 Å². The van der Waals surface area contributed by atoms with Gasteiger partial charge < -0.3 is 18.9 Å². The van der Waals surface area contributed by atoms with Crippen LogP contribution in [0.1, 0.15) is 68.2 Å². The summed E-state index contributed by atoms with van der Waals surface area (Å²) in [6, 6.07) is 24.9. The summed E-state index contributed by atoms with van der Waals surface area (Å²) in [4.78, 5) is 30.5. The number of rotatable bonds is 4. The number of Topliss-reactive ketones (excluding diaryl/α,β-unsaturated/α-hetero) is 2. The summed E-state index contributed by atoms with van der Waals surface area (Å²) in [5, 5.41) is 0. The molecule has 4 aromatic carbocycles. The highest BCUT2D eigenvalue weighted by Crippen LogP contribution is 2.68. The fourth-order valence-electron chi connectivity index (χ4n) is 9.91. The van der Waals surface area contributed by atoms with Gasteiger partial charge in [0.2, 0.25) is 0 Å². The molecule has 0 N–H and O–H groups in total. The number of carbonyl (C=O) groups excluding carboxylic acids is 2. The molecule has 0 amide bonds. The van der Waals surface area contributed by atoms with Gasteiger partial charge in [0.1, 0.15) is 11.6 Å². The van der Waals surface area contributed by atoms with Crippen LogP contribution in [0.25, 0.3) is 0 Å². The van der Waals surface area contributed by atoms with Crippen LogP contribution < -0.4 is 18.9 Å². The van der Waals surface area contributed by atoms with Crippen molar-refractivity contribution in [3.8, 4) is 23.0 Å². The summed E-state index contributed by atoms with van der Waals surface area (Å²) in [5.74, 6) is 0.293. The Balaban J connectivity index is 1.29. The Morgan fingerprint density at radius 1 is 0.386 bits per heavy atom. The SMILES string of the molecule is COc1cc2c(cc1OC)[C@H]1c3ccccc3C2C2C(=O)C3C4c5ccccc5[C@@H](c5cc(OC)c(OC)cc54)C3C(=O)C21. The monoisotopic (exact) mass is 584 g/mol. The largest absolute Gasteiger partial charge is 0.493 e. The average molecular weight is 585 g/mol. The number of benzene rings is 4. The Bertz CT molecular complexity index is 1650. The maximum Gasteiger partial charge on any atom is 0.161 e. The highest BCUT2D eigenvalue weighted by atomic mass is 16.5. The number of hydrogen-bond donors (Lipinski definition) is 0. The lowest BCUT2D eigenvalue weighted by Crippen LogP contribution is -2.60. The van der Waals surface area contributed by atoms with Gasteiger partial charge in [0, 0.05) is 47.3 Å². The topological polar surface area (TPSA) is 71.1 Å². The molecule has 0 heterocycles.